The standard InChI is InChI=1S/C28H22N2O4Se/c1-33-21-11-7-9-19(17-21)29-27(31)23-13-3-5-15-25(23)35(29)26-16-6-4-14-24(26)28(32)30(35)20-10-8-12-22(18-20)34-2/h3-18H,1-2H3. The van der Waals surface area contributed by atoms with Crippen molar-refractivity contribution in [2.45, 2.75) is 0 Å². The van der Waals surface area contributed by atoms with E-state index in [2.05, 4.69) is 0 Å². The van der Waals surface area contributed by atoms with Gasteiger partial charge in [0.1, 0.15) is 0 Å². The summed E-state index contributed by atoms with van der Waals surface area (Å²) in [6.45, 7) is 0. The molecule has 0 radical (unpaired) electrons. The molecule has 2 amide bonds. The topological polar surface area (TPSA) is 59.1 Å². The Morgan fingerprint density at radius 1 is 0.571 bits per heavy atom. The number of carbonyl (C=O) groups excluding carboxylic acids is 2. The van der Waals surface area contributed by atoms with E-state index in [9.17, 15) is 9.59 Å². The molecule has 0 saturated carbocycles. The molecule has 1 spiro atoms. The summed E-state index contributed by atoms with van der Waals surface area (Å²) >= 11 is -3.66. The van der Waals surface area contributed by atoms with Crippen molar-refractivity contribution in [3.8, 4) is 11.5 Å². The number of benzene rings is 4. The van der Waals surface area contributed by atoms with Crippen molar-refractivity contribution in [2.75, 3.05) is 22.1 Å². The fourth-order valence-electron chi connectivity index (χ4n) is 4.85. The van der Waals surface area contributed by atoms with Crippen LogP contribution >= 0.6 is 0 Å². The molecule has 2 aliphatic rings. The van der Waals surface area contributed by atoms with Crippen LogP contribution in [-0.2, 0) is 0 Å². The summed E-state index contributed by atoms with van der Waals surface area (Å²) in [7, 11) is 3.20. The Morgan fingerprint density at radius 3 is 1.43 bits per heavy atom. The molecular weight excluding hydrogens is 507 g/mol. The normalized spacial score (nSPS) is 16.3. The molecule has 0 atom stereocenters. The third-order valence-electron chi connectivity index (χ3n) is 6.32. The first-order valence-electron chi connectivity index (χ1n) is 11.1. The first-order valence-corrected chi connectivity index (χ1v) is 14.3. The molecule has 2 aliphatic heterocycles. The number of amides is 2. The van der Waals surface area contributed by atoms with Crippen LogP contribution < -0.4 is 26.2 Å². The predicted octanol–water partition coefficient (Wildman–Crippen LogP) is 3.58. The van der Waals surface area contributed by atoms with E-state index in [0.29, 0.717) is 34.0 Å². The van der Waals surface area contributed by atoms with Gasteiger partial charge >= 0.3 is 206 Å². The van der Waals surface area contributed by atoms with Gasteiger partial charge in [0.15, 0.2) is 0 Å². The molecule has 0 aromatic heterocycles. The van der Waals surface area contributed by atoms with E-state index in [0.717, 1.165) is 8.92 Å². The van der Waals surface area contributed by atoms with Crippen LogP contribution in [0, 0.1) is 0 Å². The van der Waals surface area contributed by atoms with Gasteiger partial charge in [0, 0.05) is 0 Å². The van der Waals surface area contributed by atoms with Gasteiger partial charge in [0.05, 0.1) is 0 Å². The molecule has 0 unspecified atom stereocenters. The Kier molecular flexibility index (Phi) is 4.92. The van der Waals surface area contributed by atoms with Gasteiger partial charge in [-0.25, -0.2) is 0 Å². The third-order valence-corrected chi connectivity index (χ3v) is 14.2. The fraction of sp³-hybridized carbons (Fsp3) is 0.0714. The molecule has 0 aliphatic carbocycles. The van der Waals surface area contributed by atoms with Crippen LogP contribution in [-0.4, -0.2) is 39.3 Å². The molecule has 7 heteroatoms. The Labute approximate surface area is 206 Å². The van der Waals surface area contributed by atoms with Crippen molar-refractivity contribution in [3.63, 3.8) is 0 Å². The Bertz CT molecular complexity index is 1390. The SMILES string of the molecule is COc1cccc(N2C(=O)c3ccccc3[Se]23c2ccccc2C(=O)N3c2cccc(OC)c2)c1. The van der Waals surface area contributed by atoms with E-state index in [4.69, 9.17) is 9.47 Å². The van der Waals surface area contributed by atoms with E-state index in [1.165, 1.54) is 0 Å². The van der Waals surface area contributed by atoms with Crippen LogP contribution in [0.1, 0.15) is 20.7 Å². The van der Waals surface area contributed by atoms with Crippen molar-refractivity contribution in [1.29, 1.82) is 0 Å². The van der Waals surface area contributed by atoms with Crippen molar-refractivity contribution < 1.29 is 19.1 Å². The third kappa shape index (κ3) is 2.89. The molecule has 6 rings (SSSR count). The number of hydrogen-bond donors (Lipinski definition) is 0. The second kappa shape index (κ2) is 8.01. The van der Waals surface area contributed by atoms with Gasteiger partial charge in [-0.15, -0.1) is 0 Å². The van der Waals surface area contributed by atoms with E-state index >= 15 is 0 Å². The number of ether oxygens (including phenoxy) is 2. The summed E-state index contributed by atoms with van der Waals surface area (Å²) in [6.07, 6.45) is 0. The Morgan fingerprint density at radius 2 is 1.00 bits per heavy atom. The van der Waals surface area contributed by atoms with Gasteiger partial charge in [0.2, 0.25) is 0 Å². The maximum absolute atomic E-state index is 14.1. The van der Waals surface area contributed by atoms with E-state index < -0.39 is 13.3 Å². The number of anilines is 2. The number of carbonyl (C=O) groups is 2. The zero-order chi connectivity index (χ0) is 24.2. The van der Waals surface area contributed by atoms with Crippen LogP contribution in [0.3, 0.4) is 0 Å². The summed E-state index contributed by atoms with van der Waals surface area (Å²) in [5.41, 5.74) is 2.63. The molecular formula is C28H22N2O4Se. The Hall–Kier alpha value is -4.06. The minimum atomic E-state index is -3.66. The minimum absolute atomic E-state index is 0.119. The van der Waals surface area contributed by atoms with E-state index in [1.54, 1.807) is 14.2 Å². The van der Waals surface area contributed by atoms with Crippen LogP contribution in [0.2, 0.25) is 0 Å². The van der Waals surface area contributed by atoms with Crippen LogP contribution in [0.5, 0.6) is 11.5 Å². The number of fused-ring (bicyclic) bond motifs is 4. The first kappa shape index (κ1) is 21.5. The zero-order valence-corrected chi connectivity index (χ0v) is 20.9. The van der Waals surface area contributed by atoms with Crippen LogP contribution in [0.25, 0.3) is 0 Å². The Balaban J connectivity index is 1.73. The number of rotatable bonds is 4. The van der Waals surface area contributed by atoms with Crippen LogP contribution in [0.15, 0.2) is 97.1 Å². The van der Waals surface area contributed by atoms with Crippen molar-refractivity contribution >= 4 is 45.4 Å². The molecule has 35 heavy (non-hydrogen) atoms. The predicted molar refractivity (Wildman–Crippen MR) is 138 cm³/mol. The van der Waals surface area contributed by atoms with Gasteiger partial charge in [-0.3, -0.25) is 0 Å². The number of nitrogens with zero attached hydrogens (tertiary/aromatic N) is 2. The molecule has 6 nitrogen and oxygen atoms in total. The molecule has 174 valence electrons. The van der Waals surface area contributed by atoms with Gasteiger partial charge < -0.3 is 0 Å². The summed E-state index contributed by atoms with van der Waals surface area (Å²) in [6, 6.07) is 30.3. The van der Waals surface area contributed by atoms with Gasteiger partial charge in [-0.05, 0) is 0 Å². The molecule has 4 aromatic carbocycles. The first-order chi connectivity index (χ1) is 17.1. The van der Waals surface area contributed by atoms with Crippen molar-refractivity contribution in [1.82, 2.24) is 0 Å². The molecule has 0 saturated heterocycles. The number of hydrogen-bond acceptors (Lipinski definition) is 4. The van der Waals surface area contributed by atoms with Gasteiger partial charge in [-0.1, -0.05) is 0 Å². The second-order valence-corrected chi connectivity index (χ2v) is 13.8. The monoisotopic (exact) mass is 530 g/mol. The van der Waals surface area contributed by atoms with Gasteiger partial charge in [0.25, 0.3) is 0 Å². The average Bonchev–Trinajstić information content (AvgIpc) is 3.33. The molecule has 4 aromatic rings. The average molecular weight is 529 g/mol. The number of methoxy groups -OCH3 is 2. The van der Waals surface area contributed by atoms with E-state index in [-0.39, 0.29) is 11.8 Å². The molecule has 0 fully saturated rings. The fourth-order valence-corrected chi connectivity index (χ4v) is 13.6. The van der Waals surface area contributed by atoms with Crippen LogP contribution in [0.4, 0.5) is 11.4 Å². The quantitative estimate of drug-likeness (QED) is 0.380. The molecule has 2 heterocycles. The summed E-state index contributed by atoms with van der Waals surface area (Å²) < 4.78 is 16.5. The van der Waals surface area contributed by atoms with E-state index in [1.807, 2.05) is 105 Å². The zero-order valence-electron chi connectivity index (χ0n) is 19.2. The second-order valence-electron chi connectivity index (χ2n) is 8.14. The summed E-state index contributed by atoms with van der Waals surface area (Å²) in [5, 5.41) is 0. The van der Waals surface area contributed by atoms with Crippen molar-refractivity contribution in [3.05, 3.63) is 108 Å². The molecule has 0 N–H and O–H groups in total. The molecule has 0 bridgehead atoms. The van der Waals surface area contributed by atoms with Crippen molar-refractivity contribution in [2.24, 2.45) is 0 Å². The summed E-state index contributed by atoms with van der Waals surface area (Å²) in [5.74, 6) is 1.05. The van der Waals surface area contributed by atoms with Gasteiger partial charge in [-0.2, -0.15) is 0 Å². The summed E-state index contributed by atoms with van der Waals surface area (Å²) in [4.78, 5) is 28.3. The maximum atomic E-state index is 14.1.